The Hall–Kier alpha value is -2.39. The van der Waals surface area contributed by atoms with E-state index in [-0.39, 0.29) is 11.7 Å². The average Bonchev–Trinajstić information content (AvgIpc) is 3.28. The van der Waals surface area contributed by atoms with Crippen molar-refractivity contribution in [2.75, 3.05) is 5.73 Å². The highest BCUT2D eigenvalue weighted by atomic mass is 19.1. The van der Waals surface area contributed by atoms with Crippen molar-refractivity contribution in [1.82, 2.24) is 0 Å². The Balaban J connectivity index is 1.86. The van der Waals surface area contributed by atoms with Crippen LogP contribution in [-0.4, -0.2) is 11.2 Å². The lowest BCUT2D eigenvalue weighted by Crippen LogP contribution is -2.29. The maximum Gasteiger partial charge on any atom is 0.130 e. The van der Waals surface area contributed by atoms with Gasteiger partial charge in [-0.25, -0.2) is 4.39 Å². The number of benzene rings is 2. The summed E-state index contributed by atoms with van der Waals surface area (Å²) in [7, 11) is 0. The number of hydrogen-bond donors (Lipinski definition) is 2. The molecule has 164 valence electrons. The van der Waals surface area contributed by atoms with Crippen LogP contribution >= 0.6 is 0 Å². The number of fused-ring (bicyclic) bond motifs is 1. The molecule has 2 aromatic carbocycles. The minimum absolute atomic E-state index is 0.0391. The molecule has 0 unspecified atom stereocenters. The Morgan fingerprint density at radius 1 is 1.16 bits per heavy atom. The molecule has 1 fully saturated rings. The fourth-order valence-electron chi connectivity index (χ4n) is 5.97. The molecule has 0 saturated heterocycles. The Bertz CT molecular complexity index is 980. The van der Waals surface area contributed by atoms with Crippen LogP contribution in [0.3, 0.4) is 0 Å². The van der Waals surface area contributed by atoms with Crippen molar-refractivity contribution < 1.29 is 9.50 Å². The Morgan fingerprint density at radius 2 is 1.94 bits per heavy atom. The average molecular weight is 420 g/mol. The molecule has 2 aromatic rings. The van der Waals surface area contributed by atoms with E-state index in [0.29, 0.717) is 17.7 Å². The molecule has 1 saturated carbocycles. The number of allylic oxidation sites excluding steroid dienone is 3. The number of nitrogen functional groups attached to an aromatic ring is 1. The molecule has 2 aliphatic carbocycles. The number of rotatable bonds is 8. The monoisotopic (exact) mass is 419 g/mol. The summed E-state index contributed by atoms with van der Waals surface area (Å²) in [5.41, 5.74) is 11.2. The highest BCUT2D eigenvalue weighted by Crippen LogP contribution is 2.66. The lowest BCUT2D eigenvalue weighted by molar-refractivity contribution is 0.119. The second-order valence-corrected chi connectivity index (χ2v) is 9.26. The number of hydrogen-bond acceptors (Lipinski definition) is 2. The van der Waals surface area contributed by atoms with Gasteiger partial charge < -0.3 is 10.8 Å². The maximum atomic E-state index is 15.2. The lowest BCUT2D eigenvalue weighted by atomic mass is 9.66. The summed E-state index contributed by atoms with van der Waals surface area (Å²) in [6.07, 6.45) is 7.52. The molecule has 2 nitrogen and oxygen atoms in total. The molecule has 0 bridgehead atoms. The van der Waals surface area contributed by atoms with Crippen molar-refractivity contribution in [2.24, 2.45) is 11.3 Å². The maximum absolute atomic E-state index is 15.2. The molecule has 0 spiro atoms. The van der Waals surface area contributed by atoms with E-state index in [1.807, 2.05) is 18.2 Å². The first-order chi connectivity index (χ1) is 15.0. The van der Waals surface area contributed by atoms with Crippen LogP contribution in [0.25, 0.3) is 11.1 Å². The second kappa shape index (κ2) is 9.00. The van der Waals surface area contributed by atoms with Crippen LogP contribution in [-0.2, 0) is 0 Å². The summed E-state index contributed by atoms with van der Waals surface area (Å²) in [6, 6.07) is 15.1. The van der Waals surface area contributed by atoms with Crippen LogP contribution in [0.4, 0.5) is 10.1 Å². The number of unbranched alkanes of at least 4 members (excludes halogenated alkanes) is 3. The van der Waals surface area contributed by atoms with Crippen molar-refractivity contribution >= 4 is 16.8 Å². The molecule has 3 heteroatoms. The highest BCUT2D eigenvalue weighted by molar-refractivity contribution is 5.91. The molecule has 0 aromatic heterocycles. The molecule has 3 N–H and O–H groups in total. The first-order valence-electron chi connectivity index (χ1n) is 11.7. The fraction of sp³-hybridized carbons (Fsp3) is 0.429. The third kappa shape index (κ3) is 3.85. The van der Waals surface area contributed by atoms with Crippen molar-refractivity contribution in [2.45, 2.75) is 64.4 Å². The third-order valence-corrected chi connectivity index (χ3v) is 7.45. The molecule has 0 amide bonds. The summed E-state index contributed by atoms with van der Waals surface area (Å²) in [5, 5.41) is 11.0. The van der Waals surface area contributed by atoms with E-state index in [9.17, 15) is 5.11 Å². The first-order valence-corrected chi connectivity index (χ1v) is 11.7. The van der Waals surface area contributed by atoms with Gasteiger partial charge >= 0.3 is 0 Å². The second-order valence-electron chi connectivity index (χ2n) is 9.26. The molecule has 31 heavy (non-hydrogen) atoms. The number of anilines is 1. The molecule has 0 radical (unpaired) electrons. The SMILES string of the molecule is C=C(c1ccccc1)[C@@]12CC[C@@H](O)[C@@H]1CC(CCCCCC)=C2c1cc(N)ccc1F. The topological polar surface area (TPSA) is 46.2 Å². The van der Waals surface area contributed by atoms with Gasteiger partial charge in [-0.15, -0.1) is 0 Å². The minimum Gasteiger partial charge on any atom is -0.399 e. The van der Waals surface area contributed by atoms with Crippen LogP contribution in [0.1, 0.15) is 69.4 Å². The van der Waals surface area contributed by atoms with Gasteiger partial charge in [0.25, 0.3) is 0 Å². The van der Waals surface area contributed by atoms with Crippen LogP contribution in [0.2, 0.25) is 0 Å². The number of aliphatic hydroxyl groups excluding tert-OH is 1. The van der Waals surface area contributed by atoms with E-state index in [0.717, 1.165) is 42.4 Å². The van der Waals surface area contributed by atoms with Gasteiger partial charge in [0.1, 0.15) is 5.82 Å². The van der Waals surface area contributed by atoms with E-state index in [1.54, 1.807) is 12.1 Å². The normalized spacial score (nSPS) is 25.1. The van der Waals surface area contributed by atoms with Gasteiger partial charge in [0, 0.05) is 22.6 Å². The summed E-state index contributed by atoms with van der Waals surface area (Å²) in [6.45, 7) is 6.76. The number of halogens is 1. The van der Waals surface area contributed by atoms with Crippen LogP contribution < -0.4 is 5.73 Å². The molecule has 0 aliphatic heterocycles. The predicted octanol–water partition coefficient (Wildman–Crippen LogP) is 7.01. The van der Waals surface area contributed by atoms with Gasteiger partial charge in [-0.1, -0.05) is 68.7 Å². The molecular weight excluding hydrogens is 385 g/mol. The fourth-order valence-corrected chi connectivity index (χ4v) is 5.97. The van der Waals surface area contributed by atoms with Crippen molar-refractivity contribution in [3.63, 3.8) is 0 Å². The van der Waals surface area contributed by atoms with Crippen LogP contribution in [0.15, 0.2) is 60.7 Å². The predicted molar refractivity (Wildman–Crippen MR) is 128 cm³/mol. The third-order valence-electron chi connectivity index (χ3n) is 7.45. The van der Waals surface area contributed by atoms with Gasteiger partial charge in [-0.05, 0) is 67.0 Å². The summed E-state index contributed by atoms with van der Waals surface area (Å²) < 4.78 is 15.2. The standard InChI is InChI=1S/C28H34FNO/c1-3-4-5-7-12-21-17-24-26(31)15-16-28(24,19(2)20-10-8-6-9-11-20)27(21)23-18-22(30)13-14-25(23)29/h6,8-11,13-14,18,24,26,31H,2-5,7,12,15-17,30H2,1H3/t24-,26+,28-/m0/s1. The zero-order valence-electron chi connectivity index (χ0n) is 18.5. The molecular formula is C28H34FNO. The van der Waals surface area contributed by atoms with Crippen LogP contribution in [0, 0.1) is 17.2 Å². The molecule has 3 atom stereocenters. The molecule has 2 aliphatic rings. The van der Waals surface area contributed by atoms with Gasteiger partial charge in [-0.2, -0.15) is 0 Å². The van der Waals surface area contributed by atoms with Crippen molar-refractivity contribution in [1.29, 1.82) is 0 Å². The van der Waals surface area contributed by atoms with E-state index in [4.69, 9.17) is 5.73 Å². The Labute approximate surface area is 185 Å². The summed E-state index contributed by atoms with van der Waals surface area (Å²) in [5.74, 6) is -0.199. The van der Waals surface area contributed by atoms with Gasteiger partial charge in [0.05, 0.1) is 6.10 Å². The zero-order valence-corrected chi connectivity index (χ0v) is 18.5. The Morgan fingerprint density at radius 3 is 2.68 bits per heavy atom. The summed E-state index contributed by atoms with van der Waals surface area (Å²) >= 11 is 0. The summed E-state index contributed by atoms with van der Waals surface area (Å²) in [4.78, 5) is 0. The number of nitrogens with two attached hydrogens (primary N) is 1. The van der Waals surface area contributed by atoms with Gasteiger partial charge in [-0.3, -0.25) is 0 Å². The largest absolute Gasteiger partial charge is 0.399 e. The van der Waals surface area contributed by atoms with Crippen molar-refractivity contribution in [3.05, 3.63) is 77.6 Å². The van der Waals surface area contributed by atoms with E-state index < -0.39 is 11.5 Å². The van der Waals surface area contributed by atoms with Gasteiger partial charge in [0.15, 0.2) is 0 Å². The molecule has 4 rings (SSSR count). The van der Waals surface area contributed by atoms with Crippen molar-refractivity contribution in [3.8, 4) is 0 Å². The lowest BCUT2D eigenvalue weighted by Gasteiger charge is -2.37. The zero-order chi connectivity index (χ0) is 22.0. The smallest absolute Gasteiger partial charge is 0.130 e. The van der Waals surface area contributed by atoms with E-state index in [2.05, 4.69) is 25.6 Å². The Kier molecular flexibility index (Phi) is 6.34. The first kappa shape index (κ1) is 21.8. The minimum atomic E-state index is -0.449. The van der Waals surface area contributed by atoms with Crippen LogP contribution in [0.5, 0.6) is 0 Å². The van der Waals surface area contributed by atoms with E-state index >= 15 is 4.39 Å². The quantitative estimate of drug-likeness (QED) is 0.357. The molecule has 0 heterocycles. The van der Waals surface area contributed by atoms with Gasteiger partial charge in [0.2, 0.25) is 0 Å². The number of aliphatic hydroxyl groups is 1. The highest BCUT2D eigenvalue weighted by Gasteiger charge is 2.57. The van der Waals surface area contributed by atoms with E-state index in [1.165, 1.54) is 30.9 Å².